The number of benzene rings is 1. The van der Waals surface area contributed by atoms with Crippen LogP contribution in [-0.2, 0) is 6.42 Å². The number of aliphatic imine (C=N–C) groups is 1. The van der Waals surface area contributed by atoms with Gasteiger partial charge < -0.3 is 15.5 Å². The van der Waals surface area contributed by atoms with E-state index in [4.69, 9.17) is 0 Å². The number of nitrogens with one attached hydrogen (secondary N) is 2. The van der Waals surface area contributed by atoms with Gasteiger partial charge >= 0.3 is 0 Å². The topological polar surface area (TPSA) is 39.7 Å². The quantitative estimate of drug-likeness (QED) is 0.247. The lowest BCUT2D eigenvalue weighted by atomic mass is 9.82. The van der Waals surface area contributed by atoms with Crippen molar-refractivity contribution in [2.24, 2.45) is 4.99 Å². The fraction of sp³-hybridized carbons (Fsp3) is 0.650. The Kier molecular flexibility index (Phi) is 9.28. The summed E-state index contributed by atoms with van der Waals surface area (Å²) in [6, 6.07) is 7.18. The fourth-order valence-electron chi connectivity index (χ4n) is 4.33. The molecular formula is C20H31BrFIN4. The molecule has 2 saturated heterocycles. The van der Waals surface area contributed by atoms with Crippen LogP contribution in [0.25, 0.3) is 0 Å². The Morgan fingerprint density at radius 2 is 2.00 bits per heavy atom. The van der Waals surface area contributed by atoms with Crippen molar-refractivity contribution in [3.63, 3.8) is 0 Å². The van der Waals surface area contributed by atoms with E-state index in [1.165, 1.54) is 38.2 Å². The highest BCUT2D eigenvalue weighted by molar-refractivity contribution is 14.0. The van der Waals surface area contributed by atoms with Crippen LogP contribution >= 0.6 is 39.9 Å². The Morgan fingerprint density at radius 3 is 2.63 bits per heavy atom. The molecule has 0 aliphatic carbocycles. The average Bonchev–Trinajstić information content (AvgIpc) is 2.60. The first-order chi connectivity index (χ1) is 12.6. The lowest BCUT2D eigenvalue weighted by Crippen LogP contribution is -2.56. The number of nitrogens with zero attached hydrogens (tertiary/aromatic N) is 2. The minimum absolute atomic E-state index is 0. The van der Waals surface area contributed by atoms with E-state index in [9.17, 15) is 4.39 Å². The van der Waals surface area contributed by atoms with Crippen LogP contribution in [0.5, 0.6) is 0 Å². The molecule has 3 rings (SSSR count). The number of hydrogen-bond acceptors (Lipinski definition) is 2. The summed E-state index contributed by atoms with van der Waals surface area (Å²) < 4.78 is 14.6. The molecule has 7 heteroatoms. The molecule has 2 atom stereocenters. The molecule has 0 saturated carbocycles. The van der Waals surface area contributed by atoms with E-state index in [2.05, 4.69) is 43.5 Å². The average molecular weight is 553 g/mol. The molecule has 0 radical (unpaired) electrons. The molecule has 0 amide bonds. The van der Waals surface area contributed by atoms with Crippen molar-refractivity contribution in [2.45, 2.75) is 63.1 Å². The van der Waals surface area contributed by atoms with Crippen LogP contribution in [0.3, 0.4) is 0 Å². The molecule has 2 bridgehead atoms. The highest BCUT2D eigenvalue weighted by Crippen LogP contribution is 2.32. The Hall–Kier alpha value is -0.410. The van der Waals surface area contributed by atoms with Crippen molar-refractivity contribution in [3.05, 3.63) is 34.1 Å². The second-order valence-electron chi connectivity index (χ2n) is 7.55. The van der Waals surface area contributed by atoms with Gasteiger partial charge in [-0.05, 0) is 63.3 Å². The van der Waals surface area contributed by atoms with Gasteiger partial charge in [-0.25, -0.2) is 4.39 Å². The monoisotopic (exact) mass is 552 g/mol. The highest BCUT2D eigenvalue weighted by Gasteiger charge is 2.36. The van der Waals surface area contributed by atoms with Crippen LogP contribution in [0.1, 0.15) is 44.1 Å². The third-order valence-corrected chi connectivity index (χ3v) is 6.33. The Labute approximate surface area is 187 Å². The number of halogens is 3. The van der Waals surface area contributed by atoms with Crippen LogP contribution < -0.4 is 10.6 Å². The number of fused-ring (bicyclic) bond motifs is 2. The van der Waals surface area contributed by atoms with E-state index in [0.717, 1.165) is 35.4 Å². The summed E-state index contributed by atoms with van der Waals surface area (Å²) >= 11 is 3.30. The van der Waals surface area contributed by atoms with Gasteiger partial charge in [-0.2, -0.15) is 0 Å². The normalized spacial score (nSPS) is 25.6. The Morgan fingerprint density at radius 1 is 1.30 bits per heavy atom. The number of aryl methyl sites for hydroxylation is 1. The third-order valence-electron chi connectivity index (χ3n) is 5.83. The second-order valence-corrected chi connectivity index (χ2v) is 8.47. The van der Waals surface area contributed by atoms with Gasteiger partial charge in [0.05, 0.1) is 0 Å². The van der Waals surface area contributed by atoms with Gasteiger partial charge in [0.2, 0.25) is 0 Å². The predicted molar refractivity (Wildman–Crippen MR) is 125 cm³/mol. The summed E-state index contributed by atoms with van der Waals surface area (Å²) in [5.74, 6) is 0.730. The summed E-state index contributed by atoms with van der Waals surface area (Å²) in [5.41, 5.74) is 0.765. The van der Waals surface area contributed by atoms with Gasteiger partial charge in [-0.1, -0.05) is 28.4 Å². The van der Waals surface area contributed by atoms with Gasteiger partial charge in [-0.15, -0.1) is 24.0 Å². The molecule has 1 aromatic rings. The summed E-state index contributed by atoms with van der Waals surface area (Å²) in [6.45, 7) is 0.786. The third kappa shape index (κ3) is 6.29. The molecule has 0 aromatic heterocycles. The number of hydrogen-bond donors (Lipinski definition) is 2. The lowest BCUT2D eigenvalue weighted by molar-refractivity contribution is 0.0526. The van der Waals surface area contributed by atoms with E-state index in [-0.39, 0.29) is 29.8 Å². The summed E-state index contributed by atoms with van der Waals surface area (Å²) in [5, 5.41) is 6.99. The molecule has 2 heterocycles. The van der Waals surface area contributed by atoms with Crippen molar-refractivity contribution in [1.82, 2.24) is 15.5 Å². The van der Waals surface area contributed by atoms with E-state index in [1.54, 1.807) is 0 Å². The largest absolute Gasteiger partial charge is 0.356 e. The molecular weight excluding hydrogens is 522 g/mol. The van der Waals surface area contributed by atoms with Crippen LogP contribution in [-0.4, -0.2) is 49.6 Å². The second kappa shape index (κ2) is 11.0. The summed E-state index contributed by atoms with van der Waals surface area (Å²) in [4.78, 5) is 6.94. The molecule has 4 nitrogen and oxygen atoms in total. The van der Waals surface area contributed by atoms with E-state index >= 15 is 0 Å². The van der Waals surface area contributed by atoms with E-state index in [0.29, 0.717) is 18.1 Å². The molecule has 152 valence electrons. The standard InChI is InChI=1S/C20H30BrFN4.HI/c1-23-20(24-10-4-5-14-8-9-15(21)11-19(14)22)25-16-12-17-6-3-7-18(13-16)26(17)2;/h8-9,11,16-18H,3-7,10,12-13H2,1-2H3,(H2,23,24,25);1H. The van der Waals surface area contributed by atoms with Crippen LogP contribution in [0.2, 0.25) is 0 Å². The fourth-order valence-corrected chi connectivity index (χ4v) is 4.66. The molecule has 0 spiro atoms. The van der Waals surface area contributed by atoms with Crippen LogP contribution in [0, 0.1) is 5.82 Å². The van der Waals surface area contributed by atoms with E-state index < -0.39 is 0 Å². The first kappa shape index (κ1) is 22.9. The maximum atomic E-state index is 13.9. The van der Waals surface area contributed by atoms with Crippen molar-refractivity contribution in [1.29, 1.82) is 0 Å². The lowest BCUT2D eigenvalue weighted by Gasteiger charge is -2.47. The predicted octanol–water partition coefficient (Wildman–Crippen LogP) is 4.32. The van der Waals surface area contributed by atoms with Crippen molar-refractivity contribution in [3.8, 4) is 0 Å². The molecule has 2 unspecified atom stereocenters. The maximum absolute atomic E-state index is 13.9. The highest BCUT2D eigenvalue weighted by atomic mass is 127. The number of rotatable bonds is 5. The van der Waals surface area contributed by atoms with Crippen molar-refractivity contribution < 1.29 is 4.39 Å². The van der Waals surface area contributed by atoms with Gasteiger partial charge in [0, 0.05) is 36.2 Å². The van der Waals surface area contributed by atoms with Gasteiger partial charge in [0.1, 0.15) is 5.82 Å². The van der Waals surface area contributed by atoms with E-state index in [1.807, 2.05) is 19.2 Å². The smallest absolute Gasteiger partial charge is 0.191 e. The molecule has 1 aromatic carbocycles. The van der Waals surface area contributed by atoms with Crippen LogP contribution in [0.15, 0.2) is 27.7 Å². The molecule has 2 N–H and O–H groups in total. The van der Waals surface area contributed by atoms with Gasteiger partial charge in [0.15, 0.2) is 5.96 Å². The Bertz CT molecular complexity index is 628. The molecule has 2 fully saturated rings. The SMILES string of the molecule is CN=C(NCCCc1ccc(Br)cc1F)NC1CC2CCCC(C1)N2C.I. The summed E-state index contributed by atoms with van der Waals surface area (Å²) in [6.07, 6.45) is 7.98. The zero-order chi connectivity index (χ0) is 18.5. The molecule has 27 heavy (non-hydrogen) atoms. The number of guanidine groups is 1. The summed E-state index contributed by atoms with van der Waals surface area (Å²) in [7, 11) is 4.10. The van der Waals surface area contributed by atoms with Crippen LogP contribution in [0.4, 0.5) is 4.39 Å². The van der Waals surface area contributed by atoms with Crippen molar-refractivity contribution in [2.75, 3.05) is 20.6 Å². The minimum atomic E-state index is -0.139. The first-order valence-corrected chi connectivity index (χ1v) is 10.5. The Balaban J connectivity index is 0.00000261. The molecule has 2 aliphatic heterocycles. The molecule has 2 aliphatic rings. The number of piperidine rings is 2. The minimum Gasteiger partial charge on any atom is -0.356 e. The van der Waals surface area contributed by atoms with Gasteiger partial charge in [-0.3, -0.25) is 4.99 Å². The zero-order valence-corrected chi connectivity index (χ0v) is 20.1. The zero-order valence-electron chi connectivity index (χ0n) is 16.2. The first-order valence-electron chi connectivity index (χ1n) is 9.70. The van der Waals surface area contributed by atoms with Gasteiger partial charge in [0.25, 0.3) is 0 Å². The van der Waals surface area contributed by atoms with Crippen molar-refractivity contribution >= 4 is 45.9 Å². The maximum Gasteiger partial charge on any atom is 0.191 e.